The molecule has 0 bridgehead atoms. The molecule has 3 aromatic heterocycles. The van der Waals surface area contributed by atoms with Crippen molar-refractivity contribution in [3.63, 3.8) is 0 Å². The lowest BCUT2D eigenvalue weighted by Gasteiger charge is -2.52. The molecule has 2 aliphatic rings. The molecule has 178 valence electrons. The van der Waals surface area contributed by atoms with E-state index in [1.807, 2.05) is 35.2 Å². The van der Waals surface area contributed by atoms with Gasteiger partial charge in [0.15, 0.2) is 5.82 Å². The number of benzene rings is 1. The highest BCUT2D eigenvalue weighted by Gasteiger charge is 2.50. The normalized spacial score (nSPS) is 24.3. The minimum atomic E-state index is -0.979. The molecule has 1 aliphatic heterocycles. The summed E-state index contributed by atoms with van der Waals surface area (Å²) >= 11 is 0. The summed E-state index contributed by atoms with van der Waals surface area (Å²) in [4.78, 5) is 28.8. The second-order valence-corrected chi connectivity index (χ2v) is 9.43. The van der Waals surface area contributed by atoms with E-state index in [0.717, 1.165) is 31.2 Å². The molecule has 1 aliphatic carbocycles. The number of rotatable bonds is 3. The Bertz CT molecular complexity index is 1380. The molecule has 6 rings (SSSR count). The number of pyridine rings is 1. The predicted molar refractivity (Wildman–Crippen MR) is 128 cm³/mol. The van der Waals surface area contributed by atoms with Crippen molar-refractivity contribution in [3.05, 3.63) is 84.3 Å². The summed E-state index contributed by atoms with van der Waals surface area (Å²) in [5, 5.41) is 11.8. The average molecular weight is 472 g/mol. The third-order valence-electron chi connectivity index (χ3n) is 7.60. The summed E-state index contributed by atoms with van der Waals surface area (Å²) < 4.78 is 16.4. The van der Waals surface area contributed by atoms with Gasteiger partial charge in [0.2, 0.25) is 5.82 Å². The number of carbonyl (C=O) groups is 1. The van der Waals surface area contributed by atoms with Crippen molar-refractivity contribution in [2.45, 2.75) is 43.7 Å². The summed E-state index contributed by atoms with van der Waals surface area (Å²) in [6.45, 7) is 0.396. The number of piperidine rings is 1. The van der Waals surface area contributed by atoms with Gasteiger partial charge in [-0.15, -0.1) is 0 Å². The summed E-state index contributed by atoms with van der Waals surface area (Å²) in [6.07, 6.45) is 8.90. The van der Waals surface area contributed by atoms with Crippen LogP contribution in [0.4, 0.5) is 4.39 Å². The average Bonchev–Trinajstić information content (AvgIpc) is 3.31. The maximum Gasteiger partial charge on any atom is 0.290 e. The largest absolute Gasteiger partial charge is 0.385 e. The number of fused-ring (bicyclic) bond motifs is 2. The number of imidazole rings is 1. The van der Waals surface area contributed by atoms with E-state index in [0.29, 0.717) is 13.0 Å². The van der Waals surface area contributed by atoms with Gasteiger partial charge in [-0.05, 0) is 43.0 Å². The first-order chi connectivity index (χ1) is 17.1. The molecule has 3 atom stereocenters. The topological polar surface area (TPSA) is 83.6 Å². The zero-order valence-corrected chi connectivity index (χ0v) is 19.2. The molecule has 1 aromatic carbocycles. The molecule has 4 aromatic rings. The summed E-state index contributed by atoms with van der Waals surface area (Å²) in [5.74, 6) is -0.427. The lowest BCUT2D eigenvalue weighted by atomic mass is 9.66. The van der Waals surface area contributed by atoms with Gasteiger partial charge in [0.05, 0.1) is 5.60 Å². The van der Waals surface area contributed by atoms with Crippen molar-refractivity contribution in [2.24, 2.45) is 5.92 Å². The Kier molecular flexibility index (Phi) is 5.33. The van der Waals surface area contributed by atoms with Crippen LogP contribution in [-0.2, 0) is 5.60 Å². The Balaban J connectivity index is 1.41. The van der Waals surface area contributed by atoms with Crippen LogP contribution in [0.15, 0.2) is 67.1 Å². The third-order valence-corrected chi connectivity index (χ3v) is 7.60. The van der Waals surface area contributed by atoms with Gasteiger partial charge in [-0.1, -0.05) is 43.2 Å². The summed E-state index contributed by atoms with van der Waals surface area (Å²) in [5.41, 5.74) is 0.346. The lowest BCUT2D eigenvalue weighted by molar-refractivity contribution is -0.110. The number of aliphatic hydroxyl groups is 1. The van der Waals surface area contributed by atoms with Crippen molar-refractivity contribution in [1.29, 1.82) is 0 Å². The van der Waals surface area contributed by atoms with E-state index >= 15 is 0 Å². The lowest BCUT2D eigenvalue weighted by Crippen LogP contribution is -2.59. The molecular formula is C27H26FN5O2. The van der Waals surface area contributed by atoms with Crippen molar-refractivity contribution in [1.82, 2.24) is 24.3 Å². The van der Waals surface area contributed by atoms with Gasteiger partial charge >= 0.3 is 0 Å². The van der Waals surface area contributed by atoms with E-state index in [-0.39, 0.29) is 40.7 Å². The van der Waals surface area contributed by atoms with E-state index in [1.54, 1.807) is 30.7 Å². The number of halogens is 1. The molecule has 1 N–H and O–H groups in total. The molecule has 2 fully saturated rings. The highest BCUT2D eigenvalue weighted by Crippen LogP contribution is 2.47. The number of likely N-dealkylation sites (tertiary alicyclic amines) is 1. The summed E-state index contributed by atoms with van der Waals surface area (Å²) in [6, 6.07) is 14.2. The van der Waals surface area contributed by atoms with Gasteiger partial charge in [0.1, 0.15) is 17.0 Å². The van der Waals surface area contributed by atoms with Crippen LogP contribution < -0.4 is 0 Å². The number of amides is 1. The van der Waals surface area contributed by atoms with Crippen LogP contribution in [0.25, 0.3) is 17.0 Å². The number of nitrogens with zero attached hydrogens (tertiary/aromatic N) is 5. The van der Waals surface area contributed by atoms with Gasteiger partial charge in [0.25, 0.3) is 5.91 Å². The Hall–Kier alpha value is -3.65. The first kappa shape index (κ1) is 21.9. The fraction of sp³-hybridized carbons (Fsp3) is 0.333. The highest BCUT2D eigenvalue weighted by molar-refractivity contribution is 5.94. The number of aromatic nitrogens is 4. The predicted octanol–water partition coefficient (Wildman–Crippen LogP) is 4.22. The van der Waals surface area contributed by atoms with Crippen molar-refractivity contribution < 1.29 is 14.3 Å². The minimum absolute atomic E-state index is 0.0729. The Morgan fingerprint density at radius 1 is 1.03 bits per heavy atom. The van der Waals surface area contributed by atoms with Crippen LogP contribution in [0.5, 0.6) is 0 Å². The second-order valence-electron chi connectivity index (χ2n) is 9.43. The molecular weight excluding hydrogens is 445 g/mol. The molecule has 1 saturated heterocycles. The fourth-order valence-electron chi connectivity index (χ4n) is 5.98. The smallest absolute Gasteiger partial charge is 0.290 e. The van der Waals surface area contributed by atoms with Crippen molar-refractivity contribution in [3.8, 4) is 11.5 Å². The quantitative estimate of drug-likeness (QED) is 0.484. The van der Waals surface area contributed by atoms with Gasteiger partial charge < -0.3 is 10.0 Å². The summed E-state index contributed by atoms with van der Waals surface area (Å²) in [7, 11) is 0. The third kappa shape index (κ3) is 3.51. The first-order valence-corrected chi connectivity index (χ1v) is 12.1. The molecule has 35 heavy (non-hydrogen) atoms. The van der Waals surface area contributed by atoms with Gasteiger partial charge in [0, 0.05) is 37.1 Å². The van der Waals surface area contributed by atoms with Crippen LogP contribution in [-0.4, -0.2) is 47.9 Å². The molecule has 4 heterocycles. The maximum atomic E-state index is 14.9. The Labute approximate surface area is 202 Å². The van der Waals surface area contributed by atoms with E-state index in [2.05, 4.69) is 15.0 Å². The zero-order chi connectivity index (χ0) is 24.0. The molecule has 0 unspecified atom stereocenters. The van der Waals surface area contributed by atoms with Crippen LogP contribution >= 0.6 is 0 Å². The molecule has 0 radical (unpaired) electrons. The van der Waals surface area contributed by atoms with Crippen LogP contribution in [0.1, 0.15) is 48.3 Å². The van der Waals surface area contributed by atoms with E-state index in [9.17, 15) is 14.3 Å². The van der Waals surface area contributed by atoms with Crippen LogP contribution in [0.3, 0.4) is 0 Å². The van der Waals surface area contributed by atoms with Gasteiger partial charge in [-0.25, -0.2) is 19.3 Å². The van der Waals surface area contributed by atoms with Gasteiger partial charge in [-0.3, -0.25) is 9.20 Å². The molecule has 1 amide bonds. The number of hydrogen-bond donors (Lipinski definition) is 1. The Morgan fingerprint density at radius 2 is 1.80 bits per heavy atom. The highest BCUT2D eigenvalue weighted by atomic mass is 19.1. The van der Waals surface area contributed by atoms with Crippen molar-refractivity contribution >= 4 is 11.4 Å². The SMILES string of the molecule is O=C(c1nc(-c2ncccn2)c2c(F)cccn12)N1CC[C@](O)(c2ccccc2)[C@H]2CCCC[C@H]21. The van der Waals surface area contributed by atoms with Crippen LogP contribution in [0.2, 0.25) is 0 Å². The van der Waals surface area contributed by atoms with E-state index < -0.39 is 11.4 Å². The molecule has 0 spiro atoms. The first-order valence-electron chi connectivity index (χ1n) is 12.1. The number of hydrogen-bond acceptors (Lipinski definition) is 5. The second kappa shape index (κ2) is 8.53. The van der Waals surface area contributed by atoms with Crippen LogP contribution in [0, 0.1) is 11.7 Å². The fourth-order valence-corrected chi connectivity index (χ4v) is 5.98. The molecule has 8 heteroatoms. The Morgan fingerprint density at radius 3 is 2.60 bits per heavy atom. The standard InChI is InChI=1S/C27H26FN5O2/c28-20-11-6-16-33-23(20)22(24-29-14-7-15-30-24)31-25(33)26(34)32-17-13-27(35,18-8-2-1-3-9-18)19-10-4-5-12-21(19)32/h1-3,6-9,11,14-16,19,21,35H,4-5,10,12-13,17H2/t19-,21+,27-/m0/s1. The minimum Gasteiger partial charge on any atom is -0.385 e. The van der Waals surface area contributed by atoms with E-state index in [4.69, 9.17) is 0 Å². The number of carbonyl (C=O) groups excluding carboxylic acids is 1. The van der Waals surface area contributed by atoms with Gasteiger partial charge in [-0.2, -0.15) is 0 Å². The molecule has 1 saturated carbocycles. The molecule has 7 nitrogen and oxygen atoms in total. The van der Waals surface area contributed by atoms with Crippen molar-refractivity contribution in [2.75, 3.05) is 6.54 Å². The zero-order valence-electron chi connectivity index (χ0n) is 19.2. The monoisotopic (exact) mass is 471 g/mol. The maximum absolute atomic E-state index is 14.9. The van der Waals surface area contributed by atoms with E-state index in [1.165, 1.54) is 10.5 Å².